The normalized spacial score (nSPS) is 14.3. The highest BCUT2D eigenvalue weighted by Crippen LogP contribution is 2.35. The number of fused-ring (bicyclic) bond motifs is 1. The van der Waals surface area contributed by atoms with Crippen LogP contribution in [0.3, 0.4) is 0 Å². The Morgan fingerprint density at radius 2 is 2.00 bits per heavy atom. The molecule has 1 aromatic carbocycles. The number of ether oxygens (including phenoxy) is 2. The van der Waals surface area contributed by atoms with E-state index in [1.165, 1.54) is 4.90 Å². The summed E-state index contributed by atoms with van der Waals surface area (Å²) in [6, 6.07) is 3.98. The number of nitrogens with zero attached hydrogens (tertiary/aromatic N) is 1. The first-order chi connectivity index (χ1) is 9.49. The van der Waals surface area contributed by atoms with Gasteiger partial charge in [0, 0.05) is 6.54 Å². The van der Waals surface area contributed by atoms with Gasteiger partial charge in [0.25, 0.3) is 0 Å². The summed E-state index contributed by atoms with van der Waals surface area (Å²) in [5, 5.41) is 18.0. The molecule has 7 heteroatoms. The Labute approximate surface area is 115 Å². The van der Waals surface area contributed by atoms with E-state index in [2.05, 4.69) is 0 Å². The summed E-state index contributed by atoms with van der Waals surface area (Å²) in [5.74, 6) is -0.935. The van der Waals surface area contributed by atoms with Gasteiger partial charge in [0.2, 0.25) is 6.79 Å². The Bertz CT molecular complexity index is 530. The van der Waals surface area contributed by atoms with Gasteiger partial charge < -0.3 is 19.7 Å². The summed E-state index contributed by atoms with van der Waals surface area (Å²) < 4.78 is 10.4. The van der Waals surface area contributed by atoms with Gasteiger partial charge in [-0.1, -0.05) is 6.07 Å². The van der Waals surface area contributed by atoms with E-state index in [9.17, 15) is 14.7 Å². The molecule has 1 aliphatic heterocycles. The Morgan fingerprint density at radius 3 is 2.65 bits per heavy atom. The second-order valence-corrected chi connectivity index (χ2v) is 4.48. The summed E-state index contributed by atoms with van der Waals surface area (Å²) in [6.07, 6.45) is -0.120. The number of benzene rings is 1. The zero-order valence-electron chi connectivity index (χ0n) is 10.9. The fourth-order valence-electron chi connectivity index (χ4n) is 2.07. The summed E-state index contributed by atoms with van der Waals surface area (Å²) in [4.78, 5) is 23.5. The van der Waals surface area contributed by atoms with Crippen LogP contribution in [-0.2, 0) is 9.59 Å². The van der Waals surface area contributed by atoms with E-state index >= 15 is 0 Å². The number of hydrogen-bond donors (Lipinski definition) is 2. The lowest BCUT2D eigenvalue weighted by molar-refractivity contribution is -0.144. The lowest BCUT2D eigenvalue weighted by Crippen LogP contribution is -2.32. The van der Waals surface area contributed by atoms with E-state index in [4.69, 9.17) is 14.6 Å². The third kappa shape index (κ3) is 3.00. The molecule has 0 fully saturated rings. The Balaban J connectivity index is 2.20. The van der Waals surface area contributed by atoms with Crippen LogP contribution in [-0.4, -0.2) is 47.4 Å². The van der Waals surface area contributed by atoms with Gasteiger partial charge >= 0.3 is 11.9 Å². The van der Waals surface area contributed by atoms with E-state index in [1.54, 1.807) is 25.2 Å². The van der Waals surface area contributed by atoms with Crippen LogP contribution >= 0.6 is 0 Å². The molecule has 20 heavy (non-hydrogen) atoms. The molecule has 0 aromatic heterocycles. The molecular weight excluding hydrogens is 266 g/mol. The molecular formula is C13H15NO6. The minimum absolute atomic E-state index is 0.116. The molecule has 0 aliphatic carbocycles. The molecule has 0 saturated carbocycles. The average Bonchev–Trinajstić information content (AvgIpc) is 2.83. The van der Waals surface area contributed by atoms with Crippen molar-refractivity contribution in [3.05, 3.63) is 23.8 Å². The molecule has 2 rings (SSSR count). The van der Waals surface area contributed by atoms with Crippen molar-refractivity contribution in [3.8, 4) is 11.5 Å². The average molecular weight is 281 g/mol. The topological polar surface area (TPSA) is 96.3 Å². The van der Waals surface area contributed by atoms with Crippen molar-refractivity contribution >= 4 is 11.9 Å². The molecule has 1 aliphatic rings. The fraction of sp³-hybridized carbons (Fsp3) is 0.385. The van der Waals surface area contributed by atoms with Crippen molar-refractivity contribution in [2.75, 3.05) is 20.4 Å². The van der Waals surface area contributed by atoms with Crippen LogP contribution in [0.4, 0.5) is 0 Å². The molecule has 1 atom stereocenters. The van der Waals surface area contributed by atoms with Crippen LogP contribution in [0.5, 0.6) is 11.5 Å². The van der Waals surface area contributed by atoms with Gasteiger partial charge in [-0.05, 0) is 24.7 Å². The van der Waals surface area contributed by atoms with Crippen molar-refractivity contribution in [1.82, 2.24) is 4.90 Å². The molecule has 2 N–H and O–H groups in total. The molecule has 7 nitrogen and oxygen atoms in total. The molecule has 1 heterocycles. The number of likely N-dealkylation sites (N-methyl/N-ethyl adjacent to an activating group) is 1. The highest BCUT2D eigenvalue weighted by molar-refractivity contribution is 5.76. The quantitative estimate of drug-likeness (QED) is 0.801. The first kappa shape index (κ1) is 14.1. The Morgan fingerprint density at radius 1 is 1.30 bits per heavy atom. The minimum atomic E-state index is -1.04. The van der Waals surface area contributed by atoms with Crippen LogP contribution in [0.15, 0.2) is 18.2 Å². The van der Waals surface area contributed by atoms with Crippen molar-refractivity contribution in [3.63, 3.8) is 0 Å². The zero-order chi connectivity index (χ0) is 14.7. The van der Waals surface area contributed by atoms with Crippen LogP contribution in [0.25, 0.3) is 0 Å². The largest absolute Gasteiger partial charge is 0.481 e. The van der Waals surface area contributed by atoms with Gasteiger partial charge in [0.15, 0.2) is 11.5 Å². The summed E-state index contributed by atoms with van der Waals surface area (Å²) in [6.45, 7) is 0.256. The van der Waals surface area contributed by atoms with Crippen molar-refractivity contribution in [1.29, 1.82) is 0 Å². The fourth-order valence-corrected chi connectivity index (χ4v) is 2.07. The summed E-state index contributed by atoms with van der Waals surface area (Å²) in [5.41, 5.74) is 0.523. The molecule has 0 spiro atoms. The maximum atomic E-state index is 11.4. The van der Waals surface area contributed by atoms with Gasteiger partial charge in [-0.2, -0.15) is 0 Å². The van der Waals surface area contributed by atoms with Crippen molar-refractivity contribution in [2.45, 2.75) is 12.5 Å². The SMILES string of the molecule is CN(CCC(=O)O)C(C(=O)O)c1ccc2c(c1)OCO2. The number of carboxylic acids is 2. The van der Waals surface area contributed by atoms with E-state index in [1.807, 2.05) is 0 Å². The van der Waals surface area contributed by atoms with Crippen LogP contribution in [0, 0.1) is 0 Å². The van der Waals surface area contributed by atoms with E-state index in [0.717, 1.165) is 0 Å². The van der Waals surface area contributed by atoms with Crippen molar-refractivity contribution in [2.24, 2.45) is 0 Å². The second kappa shape index (κ2) is 5.79. The smallest absolute Gasteiger partial charge is 0.325 e. The number of hydrogen-bond acceptors (Lipinski definition) is 5. The first-order valence-corrected chi connectivity index (χ1v) is 6.03. The third-order valence-corrected chi connectivity index (χ3v) is 3.07. The molecule has 0 bridgehead atoms. The lowest BCUT2D eigenvalue weighted by Gasteiger charge is -2.24. The van der Waals surface area contributed by atoms with Gasteiger partial charge in [0.1, 0.15) is 6.04 Å². The predicted octanol–water partition coefficient (Wildman–Crippen LogP) is 0.947. The monoisotopic (exact) mass is 281 g/mol. The molecule has 1 unspecified atom stereocenters. The number of aliphatic carboxylic acids is 2. The maximum Gasteiger partial charge on any atom is 0.325 e. The third-order valence-electron chi connectivity index (χ3n) is 3.07. The second-order valence-electron chi connectivity index (χ2n) is 4.48. The molecule has 0 radical (unpaired) electrons. The number of rotatable bonds is 6. The van der Waals surface area contributed by atoms with Gasteiger partial charge in [-0.25, -0.2) is 0 Å². The summed E-state index contributed by atoms with van der Waals surface area (Å²) in [7, 11) is 1.58. The Hall–Kier alpha value is -2.28. The molecule has 1 aromatic rings. The van der Waals surface area contributed by atoms with Crippen LogP contribution in [0.1, 0.15) is 18.0 Å². The highest BCUT2D eigenvalue weighted by Gasteiger charge is 2.27. The zero-order valence-corrected chi connectivity index (χ0v) is 10.9. The summed E-state index contributed by atoms with van der Waals surface area (Å²) >= 11 is 0. The standard InChI is InChI=1S/C13H15NO6/c1-14(5-4-11(15)16)12(13(17)18)8-2-3-9-10(6-8)20-7-19-9/h2-3,6,12H,4-5,7H2,1H3,(H,15,16)(H,17,18). The number of carboxylic acid groups (broad SMARTS) is 2. The Kier molecular flexibility index (Phi) is 4.09. The van der Waals surface area contributed by atoms with E-state index < -0.39 is 18.0 Å². The van der Waals surface area contributed by atoms with E-state index in [-0.39, 0.29) is 19.8 Å². The maximum absolute atomic E-state index is 11.4. The molecule has 108 valence electrons. The molecule has 0 saturated heterocycles. The van der Waals surface area contributed by atoms with Gasteiger partial charge in [-0.3, -0.25) is 14.5 Å². The van der Waals surface area contributed by atoms with Gasteiger partial charge in [-0.15, -0.1) is 0 Å². The highest BCUT2D eigenvalue weighted by atomic mass is 16.7. The number of carbonyl (C=O) groups is 2. The van der Waals surface area contributed by atoms with Crippen LogP contribution < -0.4 is 9.47 Å². The van der Waals surface area contributed by atoms with Crippen LogP contribution in [0.2, 0.25) is 0 Å². The minimum Gasteiger partial charge on any atom is -0.481 e. The lowest BCUT2D eigenvalue weighted by atomic mass is 10.0. The van der Waals surface area contributed by atoms with Gasteiger partial charge in [0.05, 0.1) is 6.42 Å². The predicted molar refractivity (Wildman–Crippen MR) is 67.8 cm³/mol. The first-order valence-electron chi connectivity index (χ1n) is 6.03. The van der Waals surface area contributed by atoms with E-state index in [0.29, 0.717) is 17.1 Å². The van der Waals surface area contributed by atoms with Crippen molar-refractivity contribution < 1.29 is 29.3 Å². The molecule has 0 amide bonds.